The Morgan fingerprint density at radius 3 is 2.68 bits per heavy atom. The highest BCUT2D eigenvalue weighted by Crippen LogP contribution is 2.66. The van der Waals surface area contributed by atoms with E-state index in [0.717, 1.165) is 38.5 Å². The highest BCUT2D eigenvalue weighted by atomic mass is 19.1. The number of likely N-dealkylation sites (tertiary alicyclic amines) is 1. The highest BCUT2D eigenvalue weighted by molar-refractivity contribution is 5.93. The van der Waals surface area contributed by atoms with Gasteiger partial charge >= 0.3 is 0 Å². The summed E-state index contributed by atoms with van der Waals surface area (Å²) in [6.45, 7) is 4.66. The Hall–Kier alpha value is -2.17. The Kier molecular flexibility index (Phi) is 4.80. The number of nitrogens with one attached hydrogen (secondary N) is 1. The van der Waals surface area contributed by atoms with Gasteiger partial charge in [-0.25, -0.2) is 4.39 Å². The maximum atomic E-state index is 14.1. The van der Waals surface area contributed by atoms with Gasteiger partial charge in [0.2, 0.25) is 11.8 Å². The van der Waals surface area contributed by atoms with Gasteiger partial charge in [-0.15, -0.1) is 0 Å². The molecular formula is C26H33FN2O2. The zero-order valence-corrected chi connectivity index (χ0v) is 18.8. The van der Waals surface area contributed by atoms with E-state index < -0.39 is 0 Å². The van der Waals surface area contributed by atoms with Crippen LogP contribution in [0.1, 0.15) is 58.8 Å². The predicted octanol–water partition coefficient (Wildman–Crippen LogP) is 5.37. The number of hydrogen-bond donors (Lipinski definition) is 1. The minimum absolute atomic E-state index is 0.0326. The fraction of sp³-hybridized carbons (Fsp3) is 0.615. The number of rotatable bonds is 2. The van der Waals surface area contributed by atoms with Gasteiger partial charge in [0.05, 0.1) is 5.69 Å². The van der Waals surface area contributed by atoms with Gasteiger partial charge in [0, 0.05) is 30.5 Å². The van der Waals surface area contributed by atoms with E-state index in [2.05, 4.69) is 25.2 Å². The number of para-hydroxylation sites is 1. The van der Waals surface area contributed by atoms with Crippen molar-refractivity contribution in [3.05, 3.63) is 41.9 Å². The lowest BCUT2D eigenvalue weighted by atomic mass is 9.49. The zero-order valence-electron chi connectivity index (χ0n) is 18.8. The van der Waals surface area contributed by atoms with Crippen LogP contribution >= 0.6 is 0 Å². The largest absolute Gasteiger partial charge is 0.323 e. The van der Waals surface area contributed by atoms with Crippen LogP contribution in [0.4, 0.5) is 10.1 Å². The number of carbonyl (C=O) groups excluding carboxylic acids is 2. The van der Waals surface area contributed by atoms with Crippen molar-refractivity contribution in [2.45, 2.75) is 58.8 Å². The first kappa shape index (κ1) is 20.7. The molecule has 3 aliphatic carbocycles. The monoisotopic (exact) mass is 424 g/mol. The van der Waals surface area contributed by atoms with Crippen molar-refractivity contribution < 1.29 is 14.0 Å². The van der Waals surface area contributed by atoms with Crippen LogP contribution in [0.2, 0.25) is 0 Å². The Labute approximate surface area is 184 Å². The van der Waals surface area contributed by atoms with Crippen molar-refractivity contribution in [1.29, 1.82) is 0 Å². The number of hydrogen-bond acceptors (Lipinski definition) is 2. The van der Waals surface area contributed by atoms with Crippen LogP contribution in [0, 0.1) is 40.3 Å². The second-order valence-corrected chi connectivity index (χ2v) is 10.7. The van der Waals surface area contributed by atoms with Crippen LogP contribution in [0.5, 0.6) is 0 Å². The topological polar surface area (TPSA) is 49.4 Å². The molecule has 1 unspecified atom stereocenters. The molecule has 2 amide bonds. The molecule has 1 N–H and O–H groups in total. The summed E-state index contributed by atoms with van der Waals surface area (Å²) in [6, 6.07) is 6.41. The molecule has 4 aliphatic rings. The normalized spacial score (nSPS) is 39.3. The first-order valence-electron chi connectivity index (χ1n) is 11.8. The maximum Gasteiger partial charge on any atom is 0.228 e. The molecule has 3 fully saturated rings. The number of fused-ring (bicyclic) bond motifs is 5. The summed E-state index contributed by atoms with van der Waals surface area (Å²) in [5.41, 5.74) is 1.51. The van der Waals surface area contributed by atoms with Gasteiger partial charge in [0.25, 0.3) is 0 Å². The van der Waals surface area contributed by atoms with Crippen LogP contribution in [-0.4, -0.2) is 23.8 Å². The van der Waals surface area contributed by atoms with Crippen LogP contribution in [0.25, 0.3) is 0 Å². The first-order valence-corrected chi connectivity index (χ1v) is 11.8. The fourth-order valence-electron chi connectivity index (χ4n) is 7.79. The molecule has 6 atom stereocenters. The molecule has 0 spiro atoms. The van der Waals surface area contributed by atoms with Crippen molar-refractivity contribution >= 4 is 17.5 Å². The Balaban J connectivity index is 1.39. The number of carbonyl (C=O) groups is 2. The molecule has 1 aromatic rings. The van der Waals surface area contributed by atoms with Crippen molar-refractivity contribution in [1.82, 2.24) is 4.90 Å². The molecule has 0 aromatic heterocycles. The zero-order chi connectivity index (χ0) is 22.0. The number of anilines is 1. The third kappa shape index (κ3) is 2.99. The van der Waals surface area contributed by atoms with Gasteiger partial charge in [-0.05, 0) is 73.8 Å². The molecule has 0 bridgehead atoms. The number of benzene rings is 1. The third-order valence-corrected chi connectivity index (χ3v) is 9.47. The molecule has 166 valence electrons. The van der Waals surface area contributed by atoms with E-state index in [0.29, 0.717) is 24.2 Å². The van der Waals surface area contributed by atoms with Gasteiger partial charge < -0.3 is 10.2 Å². The third-order valence-electron chi connectivity index (χ3n) is 9.47. The van der Waals surface area contributed by atoms with Crippen LogP contribution in [-0.2, 0) is 9.59 Å². The van der Waals surface area contributed by atoms with E-state index in [1.165, 1.54) is 11.8 Å². The molecule has 0 radical (unpaired) electrons. The summed E-state index contributed by atoms with van der Waals surface area (Å²) in [5, 5.41) is 2.88. The van der Waals surface area contributed by atoms with Crippen LogP contribution in [0.15, 0.2) is 36.0 Å². The second-order valence-electron chi connectivity index (χ2n) is 10.7. The molecular weight excluding hydrogens is 391 g/mol. The summed E-state index contributed by atoms with van der Waals surface area (Å²) < 4.78 is 14.1. The summed E-state index contributed by atoms with van der Waals surface area (Å²) in [6.07, 6.45) is 8.92. The SMILES string of the molecule is CN1C(=O)CC[C@@]2(C)C1=CC[C@@H]1[C@H]2CC[C@]2(C)C(C(=O)Nc3ccccc3F)CC[C@@H]12. The van der Waals surface area contributed by atoms with E-state index in [9.17, 15) is 14.0 Å². The lowest BCUT2D eigenvalue weighted by molar-refractivity contribution is -0.137. The van der Waals surface area contributed by atoms with Crippen molar-refractivity contribution in [3.63, 3.8) is 0 Å². The fourth-order valence-corrected chi connectivity index (χ4v) is 7.79. The van der Waals surface area contributed by atoms with Gasteiger partial charge in [-0.2, -0.15) is 0 Å². The Morgan fingerprint density at radius 2 is 1.90 bits per heavy atom. The van der Waals surface area contributed by atoms with Gasteiger partial charge in [0.1, 0.15) is 5.82 Å². The number of piperidine rings is 1. The standard InChI is InChI=1S/C26H33FN2O2/c1-25-14-12-18-16(8-11-22-26(18,2)15-13-23(30)29(22)3)17(25)9-10-19(25)24(31)28-21-7-5-4-6-20(21)27/h4-7,11,16-19H,8-10,12-15H2,1-3H3,(H,28,31)/t16-,17-,18+,19?,25-,26+/m0/s1. The summed E-state index contributed by atoms with van der Waals surface area (Å²) in [5.74, 6) is 1.36. The predicted molar refractivity (Wildman–Crippen MR) is 118 cm³/mol. The molecule has 1 aliphatic heterocycles. The average Bonchev–Trinajstić information content (AvgIpc) is 3.10. The summed E-state index contributed by atoms with van der Waals surface area (Å²) in [7, 11) is 1.93. The van der Waals surface area contributed by atoms with Gasteiger partial charge in [-0.3, -0.25) is 9.59 Å². The minimum Gasteiger partial charge on any atom is -0.323 e. The molecule has 1 heterocycles. The Morgan fingerprint density at radius 1 is 1.13 bits per heavy atom. The lowest BCUT2D eigenvalue weighted by Crippen LogP contribution is -2.54. The molecule has 1 saturated heterocycles. The van der Waals surface area contributed by atoms with Crippen LogP contribution in [0.3, 0.4) is 0 Å². The molecule has 2 saturated carbocycles. The van der Waals surface area contributed by atoms with Crippen molar-refractivity contribution in [2.24, 2.45) is 34.5 Å². The molecule has 31 heavy (non-hydrogen) atoms. The Bertz CT molecular complexity index is 958. The molecule has 4 nitrogen and oxygen atoms in total. The van der Waals surface area contributed by atoms with Crippen LogP contribution < -0.4 is 5.32 Å². The second kappa shape index (κ2) is 7.18. The molecule has 1 aromatic carbocycles. The van der Waals surface area contributed by atoms with Gasteiger partial charge in [0.15, 0.2) is 0 Å². The van der Waals surface area contributed by atoms with E-state index in [-0.39, 0.29) is 40.1 Å². The molecule has 5 heteroatoms. The van der Waals surface area contributed by atoms with E-state index in [1.54, 1.807) is 18.2 Å². The van der Waals surface area contributed by atoms with Gasteiger partial charge in [-0.1, -0.05) is 32.1 Å². The van der Waals surface area contributed by atoms with E-state index in [4.69, 9.17) is 0 Å². The number of amides is 2. The smallest absolute Gasteiger partial charge is 0.228 e. The lowest BCUT2D eigenvalue weighted by Gasteiger charge is -2.58. The number of nitrogens with zero attached hydrogens (tertiary/aromatic N) is 1. The average molecular weight is 425 g/mol. The summed E-state index contributed by atoms with van der Waals surface area (Å²) in [4.78, 5) is 27.4. The summed E-state index contributed by atoms with van der Waals surface area (Å²) >= 11 is 0. The number of allylic oxidation sites excluding steroid dienone is 2. The van der Waals surface area contributed by atoms with E-state index >= 15 is 0 Å². The first-order chi connectivity index (χ1) is 14.8. The molecule has 5 rings (SSSR count). The van der Waals surface area contributed by atoms with Crippen molar-refractivity contribution in [3.8, 4) is 0 Å². The van der Waals surface area contributed by atoms with E-state index in [1.807, 2.05) is 11.9 Å². The van der Waals surface area contributed by atoms with Crippen molar-refractivity contribution in [2.75, 3.05) is 12.4 Å². The quantitative estimate of drug-likeness (QED) is 0.694. The maximum absolute atomic E-state index is 14.1. The highest BCUT2D eigenvalue weighted by Gasteiger charge is 2.60. The number of halogens is 1. The minimum atomic E-state index is -0.381.